The van der Waals surface area contributed by atoms with Gasteiger partial charge in [-0.2, -0.15) is 0 Å². The molecule has 4 heavy (non-hydrogen) atoms. The molecule has 0 heterocycles. The first-order valence-corrected chi connectivity index (χ1v) is 0. The first-order valence-electron chi connectivity index (χ1n) is 0. The molecule has 0 aromatic carbocycles. The van der Waals surface area contributed by atoms with E-state index in [4.69, 9.17) is 0 Å². The Hall–Kier alpha value is 2.64. The molecular weight excluding hydrogens is 371 g/mol. The second-order valence-corrected chi connectivity index (χ2v) is 0. The Morgan fingerprint density at radius 1 is 1.25 bits per heavy atom. The van der Waals surface area contributed by atoms with E-state index in [0.29, 0.717) is 0 Å². The summed E-state index contributed by atoms with van der Waals surface area (Å²) >= 11 is 0. The third-order valence-electron chi connectivity index (χ3n) is 0. The smallest absolute Gasteiger partial charge is 1.00 e. The van der Waals surface area contributed by atoms with Gasteiger partial charge in [-0.15, -0.1) is 0 Å². The van der Waals surface area contributed by atoms with E-state index in [1.807, 2.05) is 0 Å². The Kier molecular flexibility index (Phi) is 132. The fourth-order valence-electron chi connectivity index (χ4n) is 0. The van der Waals surface area contributed by atoms with Crippen molar-refractivity contribution in [3.63, 3.8) is 0 Å². The Morgan fingerprint density at radius 3 is 1.25 bits per heavy atom. The van der Waals surface area contributed by atoms with Crippen LogP contribution in [-0.2, 0) is 0 Å². The largest absolute Gasteiger partial charge is 1.00 e. The molecule has 0 amide bonds. The summed E-state index contributed by atoms with van der Waals surface area (Å²) in [5, 5.41) is 0. The molecule has 0 atom stereocenters. The Morgan fingerprint density at radius 2 is 1.25 bits per heavy atom. The summed E-state index contributed by atoms with van der Waals surface area (Å²) in [5.41, 5.74) is 0. The van der Waals surface area contributed by atoms with Crippen molar-refractivity contribution < 1.29 is 61.4 Å². The van der Waals surface area contributed by atoms with Gasteiger partial charge in [-0.1, -0.05) is 0 Å². The Balaban J connectivity index is 0. The van der Waals surface area contributed by atoms with Gasteiger partial charge in [0.2, 0.25) is 0 Å². The molecule has 0 saturated heterocycles. The van der Waals surface area contributed by atoms with Gasteiger partial charge in [-0.05, 0) is 0 Å². The van der Waals surface area contributed by atoms with E-state index in [-0.39, 0.29) is 87.6 Å². The molecule has 4 heteroatoms. The maximum atomic E-state index is 0. The van der Waals surface area contributed by atoms with Crippen molar-refractivity contribution in [1.82, 2.24) is 0 Å². The fourth-order valence-corrected chi connectivity index (χ4v) is 0. The maximum Gasteiger partial charge on any atom is 1.00 e. The van der Waals surface area contributed by atoms with Crippen LogP contribution in [0.15, 0.2) is 0 Å². The average molecular weight is 377 g/mol. The zero-order chi connectivity index (χ0) is 0. The molecule has 0 saturated carbocycles. The van der Waals surface area contributed by atoms with Crippen molar-refractivity contribution in [3.05, 3.63) is 0 Å². The normalized spacial score (nSPS) is 0. The summed E-state index contributed by atoms with van der Waals surface area (Å²) in [5.74, 6) is 0. The van der Waals surface area contributed by atoms with Gasteiger partial charge in [-0.25, -0.2) is 0 Å². The van der Waals surface area contributed by atoms with Gasteiger partial charge in [0.05, 0.1) is 0 Å². The molecule has 0 fully saturated rings. The molecule has 0 rings (SSSR count). The predicted molar refractivity (Wildman–Crippen MR) is 14.7 cm³/mol. The molecule has 1 nitrogen and oxygen atoms in total. The van der Waals surface area contributed by atoms with E-state index in [9.17, 15) is 0 Å². The van der Waals surface area contributed by atoms with E-state index in [0.717, 1.165) is 0 Å². The minimum Gasteiger partial charge on any atom is -1.00 e. The van der Waals surface area contributed by atoms with E-state index in [1.165, 1.54) is 0 Å². The van der Waals surface area contributed by atoms with Gasteiger partial charge >= 0.3 is 45.1 Å². The van der Waals surface area contributed by atoms with Crippen LogP contribution < -0.4 is 18.9 Å². The summed E-state index contributed by atoms with van der Waals surface area (Å²) in [6.07, 6.45) is 0. The first-order chi connectivity index (χ1) is 0. The fraction of sp³-hybridized carbons (Fsp3) is 0. The van der Waals surface area contributed by atoms with Crippen LogP contribution in [0.4, 0.5) is 0 Å². The molecule has 0 aromatic heterocycles. The molecule has 1 radical (unpaired) electrons. The Labute approximate surface area is 86.0 Å². The SMILES string of the molecule is O.[BiH3].[H-].[La].[Li+]. The summed E-state index contributed by atoms with van der Waals surface area (Å²) in [6.45, 7) is 0. The third kappa shape index (κ3) is 8.82. The number of rotatable bonds is 0. The van der Waals surface area contributed by atoms with E-state index in [1.54, 1.807) is 0 Å². The average Bonchev–Trinajstić information content (AvgIpc) is 0. The van der Waals surface area contributed by atoms with Gasteiger partial charge in [-0.3, -0.25) is 0 Å². The summed E-state index contributed by atoms with van der Waals surface area (Å²) < 4.78 is 0. The van der Waals surface area contributed by atoms with Gasteiger partial charge < -0.3 is 6.90 Å². The monoisotopic (exact) mass is 377 g/mol. The molecular formula is H6BiLaLiO. The van der Waals surface area contributed by atoms with Crippen molar-refractivity contribution in [3.8, 4) is 0 Å². The first kappa shape index (κ1) is 30.3. The summed E-state index contributed by atoms with van der Waals surface area (Å²) in [7, 11) is 0. The van der Waals surface area contributed by atoms with Crippen molar-refractivity contribution in [2.24, 2.45) is 0 Å². The van der Waals surface area contributed by atoms with Gasteiger partial charge in [0.15, 0.2) is 0 Å². The van der Waals surface area contributed by atoms with Crippen LogP contribution in [0.2, 0.25) is 0 Å². The van der Waals surface area contributed by atoms with Crippen LogP contribution >= 0.6 is 0 Å². The van der Waals surface area contributed by atoms with E-state index >= 15 is 0 Å². The minimum atomic E-state index is 0. The van der Waals surface area contributed by atoms with Gasteiger partial charge in [0.1, 0.15) is 0 Å². The maximum absolute atomic E-state index is 0. The van der Waals surface area contributed by atoms with Crippen molar-refractivity contribution in [1.29, 1.82) is 0 Å². The number of hydrogen-bond donors (Lipinski definition) is 0. The molecule has 0 aliphatic rings. The van der Waals surface area contributed by atoms with Crippen LogP contribution in [-0.4, -0.2) is 31.7 Å². The van der Waals surface area contributed by atoms with Gasteiger partial charge in [0, 0.05) is 35.6 Å². The Bertz CT molecular complexity index is 11.6. The van der Waals surface area contributed by atoms with E-state index < -0.39 is 0 Å². The van der Waals surface area contributed by atoms with Crippen molar-refractivity contribution >= 4 is 26.2 Å². The summed E-state index contributed by atoms with van der Waals surface area (Å²) in [4.78, 5) is 0. The molecule has 2 N–H and O–H groups in total. The van der Waals surface area contributed by atoms with Crippen LogP contribution in [0.3, 0.4) is 0 Å². The molecule has 21 valence electrons. The standard InChI is InChI=1S/Bi.La.Li.H2O.4H/h;;;1H2;;;;/q;;+1;;;;;-1. The topological polar surface area (TPSA) is 31.5 Å². The quantitative estimate of drug-likeness (QED) is 0.380. The third-order valence-corrected chi connectivity index (χ3v) is 0. The molecule has 0 spiro atoms. The van der Waals surface area contributed by atoms with Crippen LogP contribution in [0.25, 0.3) is 0 Å². The van der Waals surface area contributed by atoms with Crippen molar-refractivity contribution in [2.45, 2.75) is 0 Å². The molecule has 0 unspecified atom stereocenters. The minimum absolute atomic E-state index is 0. The van der Waals surface area contributed by atoms with Crippen LogP contribution in [0.1, 0.15) is 1.43 Å². The molecule has 0 aliphatic heterocycles. The summed E-state index contributed by atoms with van der Waals surface area (Å²) in [6, 6.07) is 0. The van der Waals surface area contributed by atoms with Crippen LogP contribution in [0.5, 0.6) is 0 Å². The molecule has 0 aromatic rings. The number of hydrogen-bond acceptors (Lipinski definition) is 0. The van der Waals surface area contributed by atoms with Crippen molar-refractivity contribution in [2.75, 3.05) is 0 Å². The predicted octanol–water partition coefficient (Wildman–Crippen LogP) is -4.89. The molecule has 0 bridgehead atoms. The molecule has 0 aliphatic carbocycles. The van der Waals surface area contributed by atoms with Crippen LogP contribution in [0, 0.1) is 35.6 Å². The van der Waals surface area contributed by atoms with E-state index in [2.05, 4.69) is 0 Å². The van der Waals surface area contributed by atoms with Gasteiger partial charge in [0.25, 0.3) is 0 Å². The second-order valence-electron chi connectivity index (χ2n) is 0. The second kappa shape index (κ2) is 17.4. The zero-order valence-corrected chi connectivity index (χ0v) is 11.9. The zero-order valence-electron chi connectivity index (χ0n) is 3.78.